The molecule has 0 bridgehead atoms. The second-order valence-electron chi connectivity index (χ2n) is 8.00. The number of aromatic nitrogens is 2. The van der Waals surface area contributed by atoms with Crippen molar-refractivity contribution in [2.24, 2.45) is 13.0 Å². The number of sulfonamides is 1. The molecule has 0 amide bonds. The molecule has 2 aliphatic heterocycles. The first-order valence-electron chi connectivity index (χ1n) is 9.85. The Morgan fingerprint density at radius 2 is 1.96 bits per heavy atom. The molecule has 0 unspecified atom stereocenters. The van der Waals surface area contributed by atoms with Crippen molar-refractivity contribution >= 4 is 10.0 Å². The summed E-state index contributed by atoms with van der Waals surface area (Å²) >= 11 is 0. The highest BCUT2D eigenvalue weighted by Crippen LogP contribution is 2.36. The molecular formula is C18H30N4O3S. The summed E-state index contributed by atoms with van der Waals surface area (Å²) < 4.78 is 35.8. The van der Waals surface area contributed by atoms with E-state index >= 15 is 0 Å². The zero-order valence-electron chi connectivity index (χ0n) is 15.6. The lowest BCUT2D eigenvalue weighted by molar-refractivity contribution is -0.0586. The Balaban J connectivity index is 1.59. The largest absolute Gasteiger partial charge is 0.373 e. The van der Waals surface area contributed by atoms with E-state index in [0.717, 1.165) is 38.0 Å². The van der Waals surface area contributed by atoms with Gasteiger partial charge in [0.2, 0.25) is 10.0 Å². The van der Waals surface area contributed by atoms with E-state index in [4.69, 9.17) is 4.74 Å². The molecule has 4 rings (SSSR count). The fourth-order valence-corrected chi connectivity index (χ4v) is 6.30. The Labute approximate surface area is 156 Å². The Bertz CT molecular complexity index is 710. The SMILES string of the molecule is Cn1cc([C@H]2[C@H](CN3CCCCC3)OCCN2S(=O)(=O)CC2CC2)cn1. The summed E-state index contributed by atoms with van der Waals surface area (Å²) in [6.07, 6.45) is 9.39. The molecular weight excluding hydrogens is 352 g/mol. The maximum Gasteiger partial charge on any atom is 0.215 e. The molecule has 2 saturated heterocycles. The Hall–Kier alpha value is -0.960. The molecule has 1 aromatic rings. The number of piperidine rings is 1. The van der Waals surface area contributed by atoms with Gasteiger partial charge < -0.3 is 9.64 Å². The van der Waals surface area contributed by atoms with Crippen LogP contribution in [0.25, 0.3) is 0 Å². The monoisotopic (exact) mass is 382 g/mol. The first kappa shape index (κ1) is 18.4. The number of hydrogen-bond acceptors (Lipinski definition) is 5. The number of aryl methyl sites for hydroxylation is 1. The Kier molecular flexibility index (Phi) is 5.36. The summed E-state index contributed by atoms with van der Waals surface area (Å²) in [7, 11) is -1.41. The van der Waals surface area contributed by atoms with E-state index in [-0.39, 0.29) is 17.9 Å². The normalized spacial score (nSPS) is 29.1. The molecule has 0 N–H and O–H groups in total. The molecule has 1 aromatic heterocycles. The van der Waals surface area contributed by atoms with Gasteiger partial charge >= 0.3 is 0 Å². The van der Waals surface area contributed by atoms with Crippen LogP contribution < -0.4 is 0 Å². The van der Waals surface area contributed by atoms with E-state index in [0.29, 0.717) is 19.1 Å². The summed E-state index contributed by atoms with van der Waals surface area (Å²) in [5, 5.41) is 4.29. The van der Waals surface area contributed by atoms with Crippen LogP contribution in [0.1, 0.15) is 43.7 Å². The maximum atomic E-state index is 13.1. The summed E-state index contributed by atoms with van der Waals surface area (Å²) in [6.45, 7) is 3.85. The minimum atomic E-state index is -3.28. The fourth-order valence-electron chi connectivity index (χ4n) is 4.22. The van der Waals surface area contributed by atoms with Crippen molar-refractivity contribution in [1.82, 2.24) is 19.0 Å². The molecule has 3 aliphatic rings. The minimum absolute atomic E-state index is 0.139. The predicted molar refractivity (Wildman–Crippen MR) is 99.2 cm³/mol. The summed E-state index contributed by atoms with van der Waals surface area (Å²) in [6, 6.07) is -0.275. The third-order valence-electron chi connectivity index (χ3n) is 5.76. The van der Waals surface area contributed by atoms with Gasteiger partial charge in [0, 0.05) is 31.9 Å². The molecule has 0 spiro atoms. The van der Waals surface area contributed by atoms with Crippen molar-refractivity contribution in [2.75, 3.05) is 38.5 Å². The van der Waals surface area contributed by atoms with Crippen molar-refractivity contribution in [3.05, 3.63) is 18.0 Å². The van der Waals surface area contributed by atoms with Gasteiger partial charge in [0.25, 0.3) is 0 Å². The van der Waals surface area contributed by atoms with E-state index < -0.39 is 10.0 Å². The zero-order chi connectivity index (χ0) is 18.1. The first-order valence-corrected chi connectivity index (χ1v) is 11.5. The molecule has 1 aliphatic carbocycles. The van der Waals surface area contributed by atoms with Crippen LogP contribution in [0.4, 0.5) is 0 Å². The zero-order valence-corrected chi connectivity index (χ0v) is 16.4. The van der Waals surface area contributed by atoms with Gasteiger partial charge in [-0.15, -0.1) is 0 Å². The highest BCUT2D eigenvalue weighted by Gasteiger charge is 2.43. The summed E-state index contributed by atoms with van der Waals surface area (Å²) in [5.41, 5.74) is 0.939. The van der Waals surface area contributed by atoms with Crippen molar-refractivity contribution < 1.29 is 13.2 Å². The van der Waals surface area contributed by atoms with Crippen LogP contribution in [-0.4, -0.2) is 72.0 Å². The highest BCUT2D eigenvalue weighted by molar-refractivity contribution is 7.89. The quantitative estimate of drug-likeness (QED) is 0.744. The van der Waals surface area contributed by atoms with Crippen LogP contribution in [0.5, 0.6) is 0 Å². The molecule has 8 heteroatoms. The third-order valence-corrected chi connectivity index (χ3v) is 7.78. The number of morpholine rings is 1. The smallest absolute Gasteiger partial charge is 0.215 e. The molecule has 7 nitrogen and oxygen atoms in total. The second-order valence-corrected chi connectivity index (χ2v) is 9.96. The van der Waals surface area contributed by atoms with Crippen LogP contribution in [0.3, 0.4) is 0 Å². The standard InChI is InChI=1S/C18H30N4O3S/c1-20-12-16(11-19-20)18-17(13-21-7-3-2-4-8-21)25-10-9-22(18)26(23,24)14-15-5-6-15/h11-12,15,17-18H,2-10,13-14H2,1H3/t17-,18-/m0/s1. The van der Waals surface area contributed by atoms with Crippen LogP contribution in [0.15, 0.2) is 12.4 Å². The average Bonchev–Trinajstić information content (AvgIpc) is 3.32. The molecule has 1 saturated carbocycles. The molecule has 3 fully saturated rings. The lowest BCUT2D eigenvalue weighted by atomic mass is 10.0. The van der Waals surface area contributed by atoms with Gasteiger partial charge in [-0.1, -0.05) is 6.42 Å². The molecule has 0 radical (unpaired) electrons. The molecule has 26 heavy (non-hydrogen) atoms. The molecule has 0 aromatic carbocycles. The van der Waals surface area contributed by atoms with Crippen LogP contribution in [-0.2, 0) is 21.8 Å². The van der Waals surface area contributed by atoms with Crippen molar-refractivity contribution in [3.8, 4) is 0 Å². The number of nitrogens with zero attached hydrogens (tertiary/aromatic N) is 4. The number of rotatable bonds is 6. The lowest BCUT2D eigenvalue weighted by Gasteiger charge is -2.42. The summed E-state index contributed by atoms with van der Waals surface area (Å²) in [5.74, 6) is 0.623. The minimum Gasteiger partial charge on any atom is -0.373 e. The first-order chi connectivity index (χ1) is 12.5. The molecule has 2 atom stereocenters. The van der Waals surface area contributed by atoms with E-state index in [1.165, 1.54) is 19.3 Å². The van der Waals surface area contributed by atoms with Gasteiger partial charge in [-0.05, 0) is 44.7 Å². The van der Waals surface area contributed by atoms with Crippen molar-refractivity contribution in [3.63, 3.8) is 0 Å². The van der Waals surface area contributed by atoms with Gasteiger partial charge in [-0.3, -0.25) is 4.68 Å². The third kappa shape index (κ3) is 4.13. The van der Waals surface area contributed by atoms with E-state index in [9.17, 15) is 8.42 Å². The maximum absolute atomic E-state index is 13.1. The average molecular weight is 383 g/mol. The van der Waals surface area contributed by atoms with E-state index in [2.05, 4.69) is 10.00 Å². The van der Waals surface area contributed by atoms with Gasteiger partial charge in [0.1, 0.15) is 0 Å². The highest BCUT2D eigenvalue weighted by atomic mass is 32.2. The second kappa shape index (κ2) is 7.58. The predicted octanol–water partition coefficient (Wildman–Crippen LogP) is 1.39. The molecule has 3 heterocycles. The van der Waals surface area contributed by atoms with Gasteiger partial charge in [0.05, 0.1) is 30.7 Å². The van der Waals surface area contributed by atoms with Crippen LogP contribution in [0, 0.1) is 5.92 Å². The van der Waals surface area contributed by atoms with Crippen molar-refractivity contribution in [2.45, 2.75) is 44.2 Å². The van der Waals surface area contributed by atoms with Crippen molar-refractivity contribution in [1.29, 1.82) is 0 Å². The lowest BCUT2D eigenvalue weighted by Crippen LogP contribution is -2.52. The number of ether oxygens (including phenoxy) is 1. The summed E-state index contributed by atoms with van der Waals surface area (Å²) in [4.78, 5) is 2.43. The molecule has 146 valence electrons. The topological polar surface area (TPSA) is 67.7 Å². The van der Waals surface area contributed by atoms with Crippen LogP contribution >= 0.6 is 0 Å². The number of hydrogen-bond donors (Lipinski definition) is 0. The van der Waals surface area contributed by atoms with Crippen LogP contribution in [0.2, 0.25) is 0 Å². The Morgan fingerprint density at radius 3 is 2.62 bits per heavy atom. The van der Waals surface area contributed by atoms with E-state index in [1.54, 1.807) is 15.2 Å². The Morgan fingerprint density at radius 1 is 1.19 bits per heavy atom. The fraction of sp³-hybridized carbons (Fsp3) is 0.833. The van der Waals surface area contributed by atoms with E-state index in [1.807, 2.05) is 13.2 Å². The van der Waals surface area contributed by atoms with Gasteiger partial charge in [-0.25, -0.2) is 8.42 Å². The van der Waals surface area contributed by atoms with Gasteiger partial charge in [0.15, 0.2) is 0 Å². The number of likely N-dealkylation sites (tertiary alicyclic amines) is 1. The van der Waals surface area contributed by atoms with Gasteiger partial charge in [-0.2, -0.15) is 9.40 Å².